The number of aliphatic hydroxyl groups is 1. The van der Waals surface area contributed by atoms with Crippen LogP contribution in [0.1, 0.15) is 0 Å². The summed E-state index contributed by atoms with van der Waals surface area (Å²) in [5, 5.41) is 8.33. The zero-order valence-corrected chi connectivity index (χ0v) is 9.48. The van der Waals surface area contributed by atoms with Gasteiger partial charge in [0.2, 0.25) is 0 Å². The van der Waals surface area contributed by atoms with E-state index in [1.165, 1.54) is 6.07 Å². The van der Waals surface area contributed by atoms with Crippen LogP contribution in [0.5, 0.6) is 0 Å². The van der Waals surface area contributed by atoms with Crippen LogP contribution in [0.4, 0.5) is 0 Å². The van der Waals surface area contributed by atoms with Crippen LogP contribution in [0.3, 0.4) is 0 Å². The van der Waals surface area contributed by atoms with E-state index in [1.807, 2.05) is 6.07 Å². The fourth-order valence-electron chi connectivity index (χ4n) is 1.42. The Hall–Kier alpha value is -1.43. The second kappa shape index (κ2) is 5.07. The summed E-state index contributed by atoms with van der Waals surface area (Å²) < 4.78 is 31.0. The second-order valence-corrected chi connectivity index (χ2v) is 4.34. The fraction of sp³-hybridized carbons (Fsp3) is 0.0909. The molecule has 0 aliphatic heterocycles. The zero-order chi connectivity index (χ0) is 12.2. The summed E-state index contributed by atoms with van der Waals surface area (Å²) in [6.07, 6.45) is 0. The van der Waals surface area contributed by atoms with Crippen LogP contribution in [0.25, 0.3) is 10.8 Å². The first-order valence-corrected chi connectivity index (χ1v) is 5.93. The molecule has 0 aliphatic rings. The molecular weight excluding hydrogens is 228 g/mol. The largest absolute Gasteiger partial charge is 0.400 e. The normalized spacial score (nSPS) is 10.7. The van der Waals surface area contributed by atoms with Crippen molar-refractivity contribution in [1.82, 2.24) is 0 Å². The first-order chi connectivity index (χ1) is 7.59. The quantitative estimate of drug-likeness (QED) is 0.744. The van der Waals surface area contributed by atoms with E-state index in [0.29, 0.717) is 5.39 Å². The van der Waals surface area contributed by atoms with Gasteiger partial charge in [0.25, 0.3) is 10.1 Å². The van der Waals surface area contributed by atoms with E-state index in [-0.39, 0.29) is 4.90 Å². The molecule has 0 aromatic heterocycles. The molecule has 0 unspecified atom stereocenters. The van der Waals surface area contributed by atoms with Crippen LogP contribution in [-0.4, -0.2) is 25.2 Å². The maximum Gasteiger partial charge on any atom is 0.295 e. The predicted molar refractivity (Wildman–Crippen MR) is 61.9 cm³/mol. The molecule has 0 amide bonds. The topological polar surface area (TPSA) is 74.6 Å². The van der Waals surface area contributed by atoms with Crippen LogP contribution < -0.4 is 0 Å². The molecule has 4 nitrogen and oxygen atoms in total. The summed E-state index contributed by atoms with van der Waals surface area (Å²) in [6.45, 7) is 0. The molecule has 0 radical (unpaired) electrons. The Kier molecular flexibility index (Phi) is 4.00. The SMILES string of the molecule is CO.O=S(=O)(O)c1cccc2ccccc12. The second-order valence-electron chi connectivity index (χ2n) is 2.95. The summed E-state index contributed by atoms with van der Waals surface area (Å²) in [5.41, 5.74) is 0. The van der Waals surface area contributed by atoms with Crippen molar-refractivity contribution < 1.29 is 18.1 Å². The Labute approximate surface area is 93.9 Å². The Balaban J connectivity index is 0.000000606. The maximum atomic E-state index is 11.0. The van der Waals surface area contributed by atoms with Gasteiger partial charge in [0.15, 0.2) is 0 Å². The van der Waals surface area contributed by atoms with Crippen molar-refractivity contribution in [1.29, 1.82) is 0 Å². The lowest BCUT2D eigenvalue weighted by molar-refractivity contribution is 0.399. The van der Waals surface area contributed by atoms with Gasteiger partial charge in [-0.1, -0.05) is 36.4 Å². The van der Waals surface area contributed by atoms with Crippen molar-refractivity contribution in [3.63, 3.8) is 0 Å². The smallest absolute Gasteiger partial charge is 0.295 e. The highest BCUT2D eigenvalue weighted by atomic mass is 32.2. The fourth-order valence-corrected chi connectivity index (χ4v) is 2.13. The van der Waals surface area contributed by atoms with Crippen molar-refractivity contribution in [2.45, 2.75) is 4.90 Å². The van der Waals surface area contributed by atoms with Crippen molar-refractivity contribution in [2.24, 2.45) is 0 Å². The zero-order valence-electron chi connectivity index (χ0n) is 8.66. The minimum atomic E-state index is -4.13. The Morgan fingerprint density at radius 3 is 2.12 bits per heavy atom. The van der Waals surface area contributed by atoms with Crippen LogP contribution in [0.2, 0.25) is 0 Å². The van der Waals surface area contributed by atoms with Gasteiger partial charge in [-0.2, -0.15) is 8.42 Å². The first-order valence-electron chi connectivity index (χ1n) is 4.49. The van der Waals surface area contributed by atoms with Crippen molar-refractivity contribution >= 4 is 20.9 Å². The number of benzene rings is 2. The number of hydrogen-bond acceptors (Lipinski definition) is 3. The summed E-state index contributed by atoms with van der Waals surface area (Å²) >= 11 is 0. The minimum Gasteiger partial charge on any atom is -0.400 e. The van der Waals surface area contributed by atoms with E-state index >= 15 is 0 Å². The minimum absolute atomic E-state index is 0.0457. The third-order valence-corrected chi connectivity index (χ3v) is 2.94. The van der Waals surface area contributed by atoms with Crippen LogP contribution in [-0.2, 0) is 10.1 Å². The summed E-state index contributed by atoms with van der Waals surface area (Å²) in [7, 11) is -3.13. The Morgan fingerprint density at radius 2 is 1.50 bits per heavy atom. The molecular formula is C11H12O4S. The lowest BCUT2D eigenvalue weighted by atomic mass is 10.1. The summed E-state index contributed by atoms with van der Waals surface area (Å²) in [6, 6.07) is 11.8. The molecule has 0 heterocycles. The molecule has 0 spiro atoms. The molecule has 0 saturated heterocycles. The van der Waals surface area contributed by atoms with Gasteiger partial charge in [-0.15, -0.1) is 0 Å². The molecule has 16 heavy (non-hydrogen) atoms. The van der Waals surface area contributed by atoms with E-state index in [0.717, 1.165) is 12.5 Å². The maximum absolute atomic E-state index is 11.0. The van der Waals surface area contributed by atoms with Gasteiger partial charge in [-0.3, -0.25) is 4.55 Å². The Morgan fingerprint density at radius 1 is 0.938 bits per heavy atom. The average Bonchev–Trinajstić information content (AvgIpc) is 2.30. The molecule has 2 aromatic rings. The monoisotopic (exact) mass is 240 g/mol. The van der Waals surface area contributed by atoms with Gasteiger partial charge < -0.3 is 5.11 Å². The predicted octanol–water partition coefficient (Wildman–Crippen LogP) is 1.70. The molecule has 0 saturated carbocycles. The molecule has 0 atom stereocenters. The average molecular weight is 240 g/mol. The first kappa shape index (κ1) is 12.6. The number of hydrogen-bond donors (Lipinski definition) is 2. The molecule has 0 fully saturated rings. The van der Waals surface area contributed by atoms with Crippen molar-refractivity contribution in [2.75, 3.05) is 7.11 Å². The van der Waals surface area contributed by atoms with Gasteiger partial charge in [0.1, 0.15) is 4.90 Å². The van der Waals surface area contributed by atoms with Gasteiger partial charge >= 0.3 is 0 Å². The summed E-state index contributed by atoms with van der Waals surface area (Å²) in [5.74, 6) is 0. The van der Waals surface area contributed by atoms with Crippen LogP contribution in [0.15, 0.2) is 47.4 Å². The highest BCUT2D eigenvalue weighted by molar-refractivity contribution is 7.86. The number of aliphatic hydroxyl groups excluding tert-OH is 1. The lowest BCUT2D eigenvalue weighted by Gasteiger charge is -2.02. The molecule has 2 rings (SSSR count). The van der Waals surface area contributed by atoms with Gasteiger partial charge in [-0.25, -0.2) is 0 Å². The van der Waals surface area contributed by atoms with E-state index in [9.17, 15) is 8.42 Å². The molecule has 86 valence electrons. The van der Waals surface area contributed by atoms with Crippen molar-refractivity contribution in [3.05, 3.63) is 42.5 Å². The van der Waals surface area contributed by atoms with E-state index in [1.54, 1.807) is 30.3 Å². The molecule has 2 aromatic carbocycles. The van der Waals surface area contributed by atoms with Gasteiger partial charge in [0.05, 0.1) is 0 Å². The Bertz CT molecular complexity index is 570. The number of fused-ring (bicyclic) bond motifs is 1. The van der Waals surface area contributed by atoms with Crippen LogP contribution >= 0.6 is 0 Å². The molecule has 5 heteroatoms. The highest BCUT2D eigenvalue weighted by Gasteiger charge is 2.12. The van der Waals surface area contributed by atoms with E-state index in [2.05, 4.69) is 0 Å². The number of rotatable bonds is 1. The highest BCUT2D eigenvalue weighted by Crippen LogP contribution is 2.21. The molecule has 0 aliphatic carbocycles. The summed E-state index contributed by atoms with van der Waals surface area (Å²) in [4.78, 5) is -0.0457. The van der Waals surface area contributed by atoms with Crippen LogP contribution in [0, 0.1) is 0 Å². The third-order valence-electron chi connectivity index (χ3n) is 2.03. The lowest BCUT2D eigenvalue weighted by Crippen LogP contribution is -1.98. The van der Waals surface area contributed by atoms with E-state index < -0.39 is 10.1 Å². The standard InChI is InChI=1S/C10H8O3S.CH4O/c11-14(12,13)10-7-3-5-8-4-1-2-6-9(8)10;1-2/h1-7H,(H,11,12,13);2H,1H3. The third kappa shape index (κ3) is 2.57. The van der Waals surface area contributed by atoms with Gasteiger partial charge in [-0.05, 0) is 11.5 Å². The van der Waals surface area contributed by atoms with Gasteiger partial charge in [0, 0.05) is 12.5 Å². The van der Waals surface area contributed by atoms with E-state index in [4.69, 9.17) is 9.66 Å². The molecule has 0 bridgehead atoms. The molecule has 2 N–H and O–H groups in total. The van der Waals surface area contributed by atoms with Crippen molar-refractivity contribution in [3.8, 4) is 0 Å².